The van der Waals surface area contributed by atoms with Gasteiger partial charge >= 0.3 is 0 Å². The molecule has 1 aliphatic heterocycles. The van der Waals surface area contributed by atoms with E-state index >= 15 is 0 Å². The first-order valence-electron chi connectivity index (χ1n) is 7.32. The van der Waals surface area contributed by atoms with Gasteiger partial charge in [-0.05, 0) is 56.3 Å². The minimum Gasteiger partial charge on any atom is -0.378 e. The van der Waals surface area contributed by atoms with Crippen molar-refractivity contribution in [1.29, 1.82) is 0 Å². The highest BCUT2D eigenvalue weighted by atomic mass is 79.9. The molecular weight excluding hydrogens is 302 g/mol. The van der Waals surface area contributed by atoms with Gasteiger partial charge in [-0.2, -0.15) is 0 Å². The van der Waals surface area contributed by atoms with E-state index in [0.717, 1.165) is 26.0 Å². The first-order valence-corrected chi connectivity index (χ1v) is 8.11. The smallest absolute Gasteiger partial charge is 0.0576 e. The molecule has 2 unspecified atom stereocenters. The molecule has 1 heterocycles. The third-order valence-electron chi connectivity index (χ3n) is 3.94. The van der Waals surface area contributed by atoms with Crippen molar-refractivity contribution < 1.29 is 4.74 Å². The van der Waals surface area contributed by atoms with E-state index in [1.54, 1.807) is 0 Å². The zero-order valence-corrected chi connectivity index (χ0v) is 13.5. The summed E-state index contributed by atoms with van der Waals surface area (Å²) in [6.07, 6.45) is 5.25. The molecule has 1 saturated heterocycles. The topological polar surface area (TPSA) is 21.3 Å². The van der Waals surface area contributed by atoms with Crippen LogP contribution < -0.4 is 5.32 Å². The van der Waals surface area contributed by atoms with Gasteiger partial charge in [-0.25, -0.2) is 0 Å². The van der Waals surface area contributed by atoms with Crippen LogP contribution in [0.4, 0.5) is 0 Å². The van der Waals surface area contributed by atoms with Gasteiger partial charge in [0.1, 0.15) is 0 Å². The van der Waals surface area contributed by atoms with Gasteiger partial charge in [-0.3, -0.25) is 0 Å². The first kappa shape index (κ1) is 15.0. The van der Waals surface area contributed by atoms with E-state index in [2.05, 4.69) is 53.3 Å². The summed E-state index contributed by atoms with van der Waals surface area (Å²) < 4.78 is 6.93. The Hall–Kier alpha value is -0.380. The van der Waals surface area contributed by atoms with Crippen molar-refractivity contribution >= 4 is 15.9 Å². The van der Waals surface area contributed by atoms with Crippen molar-refractivity contribution in [3.05, 3.63) is 33.8 Å². The quantitative estimate of drug-likeness (QED) is 0.838. The fraction of sp³-hybridized carbons (Fsp3) is 0.625. The summed E-state index contributed by atoms with van der Waals surface area (Å²) in [4.78, 5) is 0. The second kappa shape index (κ2) is 7.41. The van der Waals surface area contributed by atoms with E-state index in [9.17, 15) is 0 Å². The van der Waals surface area contributed by atoms with Crippen LogP contribution in [0.25, 0.3) is 0 Å². The van der Waals surface area contributed by atoms with Gasteiger partial charge in [-0.15, -0.1) is 0 Å². The maximum atomic E-state index is 5.73. The summed E-state index contributed by atoms with van der Waals surface area (Å²) in [7, 11) is 0. The second-order valence-electron chi connectivity index (χ2n) is 5.28. The lowest BCUT2D eigenvalue weighted by atomic mass is 9.95. The number of ether oxygens (including phenoxy) is 1. The Morgan fingerprint density at radius 3 is 3.00 bits per heavy atom. The van der Waals surface area contributed by atoms with E-state index in [-0.39, 0.29) is 0 Å². The SMILES string of the molecule is CCNC(CCC1CCCO1)c1cccc(Br)c1C. The minimum atomic E-state index is 0.437. The fourth-order valence-corrected chi connectivity index (χ4v) is 3.22. The van der Waals surface area contributed by atoms with E-state index < -0.39 is 0 Å². The molecule has 0 aromatic heterocycles. The lowest BCUT2D eigenvalue weighted by Gasteiger charge is -2.22. The van der Waals surface area contributed by atoms with Crippen LogP contribution in [0.2, 0.25) is 0 Å². The largest absolute Gasteiger partial charge is 0.378 e. The molecule has 1 aromatic rings. The van der Waals surface area contributed by atoms with Crippen LogP contribution in [0, 0.1) is 6.92 Å². The Balaban J connectivity index is 2.03. The summed E-state index contributed by atoms with van der Waals surface area (Å²) in [6.45, 7) is 6.32. The Kier molecular flexibility index (Phi) is 5.86. The van der Waals surface area contributed by atoms with Crippen molar-refractivity contribution in [2.75, 3.05) is 13.2 Å². The molecule has 0 amide bonds. The highest BCUT2D eigenvalue weighted by molar-refractivity contribution is 9.10. The van der Waals surface area contributed by atoms with Crippen LogP contribution in [-0.4, -0.2) is 19.3 Å². The Morgan fingerprint density at radius 1 is 1.47 bits per heavy atom. The predicted octanol–water partition coefficient (Wildman–Crippen LogP) is 4.37. The molecule has 0 saturated carbocycles. The third kappa shape index (κ3) is 4.04. The average Bonchev–Trinajstić information content (AvgIpc) is 2.91. The van der Waals surface area contributed by atoms with Crippen molar-refractivity contribution in [3.8, 4) is 0 Å². The summed E-state index contributed by atoms with van der Waals surface area (Å²) >= 11 is 3.63. The zero-order chi connectivity index (χ0) is 13.7. The van der Waals surface area contributed by atoms with Crippen LogP contribution >= 0.6 is 15.9 Å². The van der Waals surface area contributed by atoms with Gasteiger partial charge in [0, 0.05) is 17.1 Å². The van der Waals surface area contributed by atoms with Gasteiger partial charge in [0.25, 0.3) is 0 Å². The molecule has 1 aliphatic rings. The first-order chi connectivity index (χ1) is 9.22. The van der Waals surface area contributed by atoms with Crippen LogP contribution in [0.5, 0.6) is 0 Å². The molecule has 3 heteroatoms. The molecular formula is C16H24BrNO. The molecule has 0 radical (unpaired) electrons. The molecule has 2 nitrogen and oxygen atoms in total. The monoisotopic (exact) mass is 325 g/mol. The summed E-state index contributed by atoms with van der Waals surface area (Å²) in [5, 5.41) is 3.61. The van der Waals surface area contributed by atoms with E-state index in [1.807, 2.05) is 0 Å². The molecule has 1 fully saturated rings. The fourth-order valence-electron chi connectivity index (χ4n) is 2.84. The summed E-state index contributed by atoms with van der Waals surface area (Å²) in [5.74, 6) is 0. The minimum absolute atomic E-state index is 0.437. The molecule has 0 bridgehead atoms. The molecule has 106 valence electrons. The van der Waals surface area contributed by atoms with E-state index in [4.69, 9.17) is 4.74 Å². The molecule has 1 N–H and O–H groups in total. The predicted molar refractivity (Wildman–Crippen MR) is 83.5 cm³/mol. The van der Waals surface area contributed by atoms with Crippen LogP contribution in [-0.2, 0) is 4.74 Å². The molecule has 0 aliphatic carbocycles. The Morgan fingerprint density at radius 2 is 2.32 bits per heavy atom. The zero-order valence-electron chi connectivity index (χ0n) is 11.9. The highest BCUT2D eigenvalue weighted by Crippen LogP contribution is 2.29. The normalized spacial score (nSPS) is 20.7. The lowest BCUT2D eigenvalue weighted by molar-refractivity contribution is 0.0996. The van der Waals surface area contributed by atoms with Crippen LogP contribution in [0.15, 0.2) is 22.7 Å². The molecule has 0 spiro atoms. The van der Waals surface area contributed by atoms with Gasteiger partial charge in [0.2, 0.25) is 0 Å². The number of halogens is 1. The van der Waals surface area contributed by atoms with E-state index in [0.29, 0.717) is 12.1 Å². The number of hydrogen-bond donors (Lipinski definition) is 1. The van der Waals surface area contributed by atoms with Gasteiger partial charge in [0.15, 0.2) is 0 Å². The maximum absolute atomic E-state index is 5.73. The van der Waals surface area contributed by atoms with E-state index in [1.165, 1.54) is 28.4 Å². The van der Waals surface area contributed by atoms with Crippen molar-refractivity contribution in [1.82, 2.24) is 5.32 Å². The molecule has 1 aromatic carbocycles. The van der Waals surface area contributed by atoms with Crippen molar-refractivity contribution in [2.24, 2.45) is 0 Å². The standard InChI is InChI=1S/C16H24BrNO/c1-3-18-16(10-9-13-6-5-11-19-13)14-7-4-8-15(17)12(14)2/h4,7-8,13,16,18H,3,5-6,9-11H2,1-2H3. The third-order valence-corrected chi connectivity index (χ3v) is 4.80. The van der Waals surface area contributed by atoms with Gasteiger partial charge < -0.3 is 10.1 Å². The van der Waals surface area contributed by atoms with Gasteiger partial charge in [-0.1, -0.05) is 35.0 Å². The number of benzene rings is 1. The number of hydrogen-bond acceptors (Lipinski definition) is 2. The number of nitrogens with one attached hydrogen (secondary N) is 1. The van der Waals surface area contributed by atoms with Crippen LogP contribution in [0.3, 0.4) is 0 Å². The summed E-state index contributed by atoms with van der Waals surface area (Å²) in [5.41, 5.74) is 2.76. The average molecular weight is 326 g/mol. The van der Waals surface area contributed by atoms with Crippen molar-refractivity contribution in [3.63, 3.8) is 0 Å². The highest BCUT2D eigenvalue weighted by Gasteiger charge is 2.19. The lowest BCUT2D eigenvalue weighted by Crippen LogP contribution is -2.23. The number of rotatable bonds is 6. The summed E-state index contributed by atoms with van der Waals surface area (Å²) in [6, 6.07) is 6.92. The molecule has 19 heavy (non-hydrogen) atoms. The second-order valence-corrected chi connectivity index (χ2v) is 6.13. The molecule has 2 atom stereocenters. The Bertz CT molecular complexity index is 402. The van der Waals surface area contributed by atoms with Crippen LogP contribution in [0.1, 0.15) is 49.8 Å². The van der Waals surface area contributed by atoms with Gasteiger partial charge in [0.05, 0.1) is 6.10 Å². The Labute approximate surface area is 125 Å². The maximum Gasteiger partial charge on any atom is 0.0576 e. The van der Waals surface area contributed by atoms with Crippen molar-refractivity contribution in [2.45, 2.75) is 51.7 Å². The molecule has 2 rings (SSSR count).